The van der Waals surface area contributed by atoms with Gasteiger partial charge in [0.25, 0.3) is 0 Å². The molecular formula is C17H27N5. The highest BCUT2D eigenvalue weighted by Gasteiger charge is 2.02. The second-order valence-electron chi connectivity index (χ2n) is 5.43. The molecule has 0 spiro atoms. The van der Waals surface area contributed by atoms with E-state index in [1.54, 1.807) is 0 Å². The van der Waals surface area contributed by atoms with Crippen LogP contribution in [0.4, 0.5) is 0 Å². The second-order valence-corrected chi connectivity index (χ2v) is 5.43. The van der Waals surface area contributed by atoms with Gasteiger partial charge in [0.2, 0.25) is 0 Å². The van der Waals surface area contributed by atoms with Crippen LogP contribution in [0.15, 0.2) is 35.6 Å². The molecule has 0 radical (unpaired) electrons. The van der Waals surface area contributed by atoms with E-state index in [0.717, 1.165) is 36.8 Å². The Morgan fingerprint density at radius 1 is 1.18 bits per heavy atom. The molecule has 0 saturated carbocycles. The first-order chi connectivity index (χ1) is 10.8. The summed E-state index contributed by atoms with van der Waals surface area (Å²) in [6, 6.07) is 6.05. The molecule has 2 aromatic heterocycles. The Kier molecular flexibility index (Phi) is 6.74. The van der Waals surface area contributed by atoms with Gasteiger partial charge in [-0.1, -0.05) is 32.3 Å². The van der Waals surface area contributed by atoms with Crippen molar-refractivity contribution in [2.75, 3.05) is 20.1 Å². The molecule has 2 aromatic rings. The van der Waals surface area contributed by atoms with Gasteiger partial charge >= 0.3 is 0 Å². The Morgan fingerprint density at radius 3 is 2.82 bits per heavy atom. The lowest BCUT2D eigenvalue weighted by molar-refractivity contribution is 0.646. The molecule has 0 saturated heterocycles. The third-order valence-corrected chi connectivity index (χ3v) is 3.63. The molecule has 120 valence electrons. The molecule has 2 N–H and O–H groups in total. The van der Waals surface area contributed by atoms with Crippen molar-refractivity contribution in [3.63, 3.8) is 0 Å². The number of imidazole rings is 1. The van der Waals surface area contributed by atoms with Gasteiger partial charge in [0, 0.05) is 39.0 Å². The maximum atomic E-state index is 4.59. The van der Waals surface area contributed by atoms with E-state index in [2.05, 4.69) is 38.1 Å². The summed E-state index contributed by atoms with van der Waals surface area (Å²) in [6.07, 6.45) is 10.0. The van der Waals surface area contributed by atoms with Crippen molar-refractivity contribution in [1.82, 2.24) is 20.0 Å². The molecule has 0 atom stereocenters. The first-order valence-corrected chi connectivity index (χ1v) is 8.20. The minimum absolute atomic E-state index is 0.832. The van der Waals surface area contributed by atoms with Crippen molar-refractivity contribution < 1.29 is 0 Å². The lowest BCUT2D eigenvalue weighted by Gasteiger charge is -2.11. The monoisotopic (exact) mass is 301 g/mol. The number of nitrogens with zero attached hydrogens (tertiary/aromatic N) is 3. The molecule has 0 bridgehead atoms. The first-order valence-electron chi connectivity index (χ1n) is 8.20. The minimum Gasteiger partial charge on any atom is -0.356 e. The molecule has 22 heavy (non-hydrogen) atoms. The van der Waals surface area contributed by atoms with Gasteiger partial charge in [0.1, 0.15) is 5.65 Å². The van der Waals surface area contributed by atoms with Crippen molar-refractivity contribution in [2.24, 2.45) is 4.99 Å². The van der Waals surface area contributed by atoms with Crippen LogP contribution in [-0.4, -0.2) is 35.5 Å². The van der Waals surface area contributed by atoms with Crippen LogP contribution in [0.3, 0.4) is 0 Å². The number of hydrogen-bond acceptors (Lipinski definition) is 2. The van der Waals surface area contributed by atoms with Gasteiger partial charge in [-0.2, -0.15) is 0 Å². The van der Waals surface area contributed by atoms with E-state index >= 15 is 0 Å². The highest BCUT2D eigenvalue weighted by molar-refractivity contribution is 5.79. The fourth-order valence-electron chi connectivity index (χ4n) is 2.40. The van der Waals surface area contributed by atoms with Crippen LogP contribution in [-0.2, 0) is 6.42 Å². The fraction of sp³-hybridized carbons (Fsp3) is 0.529. The van der Waals surface area contributed by atoms with Crippen LogP contribution in [0.1, 0.15) is 38.3 Å². The van der Waals surface area contributed by atoms with E-state index in [1.165, 1.54) is 25.7 Å². The predicted molar refractivity (Wildman–Crippen MR) is 92.4 cm³/mol. The molecule has 5 nitrogen and oxygen atoms in total. The zero-order chi connectivity index (χ0) is 15.6. The van der Waals surface area contributed by atoms with Gasteiger partial charge < -0.3 is 15.0 Å². The number of unbranched alkanes of at least 4 members (excludes halogenated alkanes) is 3. The summed E-state index contributed by atoms with van der Waals surface area (Å²) in [6.45, 7) is 4.04. The smallest absolute Gasteiger partial charge is 0.190 e. The number of fused-ring (bicyclic) bond motifs is 1. The molecule has 0 aliphatic rings. The zero-order valence-electron chi connectivity index (χ0n) is 13.7. The normalized spacial score (nSPS) is 11.8. The van der Waals surface area contributed by atoms with Crippen molar-refractivity contribution in [3.05, 3.63) is 36.3 Å². The number of guanidine groups is 1. The predicted octanol–water partition coefficient (Wildman–Crippen LogP) is 2.62. The van der Waals surface area contributed by atoms with Crippen LogP contribution >= 0.6 is 0 Å². The van der Waals surface area contributed by atoms with Gasteiger partial charge in [0.15, 0.2) is 5.96 Å². The van der Waals surface area contributed by atoms with Crippen molar-refractivity contribution >= 4 is 11.6 Å². The highest BCUT2D eigenvalue weighted by Crippen LogP contribution is 2.04. The fourth-order valence-corrected chi connectivity index (χ4v) is 2.40. The van der Waals surface area contributed by atoms with E-state index in [0.29, 0.717) is 0 Å². The van der Waals surface area contributed by atoms with E-state index < -0.39 is 0 Å². The van der Waals surface area contributed by atoms with Gasteiger partial charge in [-0.05, 0) is 18.6 Å². The average molecular weight is 301 g/mol. The van der Waals surface area contributed by atoms with Crippen LogP contribution in [0, 0.1) is 0 Å². The summed E-state index contributed by atoms with van der Waals surface area (Å²) in [7, 11) is 1.81. The van der Waals surface area contributed by atoms with Gasteiger partial charge in [-0.3, -0.25) is 4.99 Å². The molecule has 0 aliphatic carbocycles. The number of hydrogen-bond donors (Lipinski definition) is 2. The molecule has 0 fully saturated rings. The van der Waals surface area contributed by atoms with Crippen LogP contribution in [0.5, 0.6) is 0 Å². The summed E-state index contributed by atoms with van der Waals surface area (Å²) in [5.41, 5.74) is 2.09. The molecule has 2 rings (SSSR count). The quantitative estimate of drug-likeness (QED) is 0.448. The van der Waals surface area contributed by atoms with E-state index in [4.69, 9.17) is 0 Å². The Bertz CT molecular complexity index is 555. The molecule has 5 heteroatoms. The number of aromatic nitrogens is 2. The summed E-state index contributed by atoms with van der Waals surface area (Å²) < 4.78 is 2.05. The maximum Gasteiger partial charge on any atom is 0.190 e. The van der Waals surface area contributed by atoms with Crippen LogP contribution < -0.4 is 10.6 Å². The van der Waals surface area contributed by atoms with E-state index in [9.17, 15) is 0 Å². The van der Waals surface area contributed by atoms with Crippen molar-refractivity contribution in [2.45, 2.75) is 39.0 Å². The molecular weight excluding hydrogens is 274 g/mol. The van der Waals surface area contributed by atoms with Gasteiger partial charge in [-0.25, -0.2) is 4.98 Å². The summed E-state index contributed by atoms with van der Waals surface area (Å²) in [4.78, 5) is 8.84. The average Bonchev–Trinajstić information content (AvgIpc) is 2.95. The lowest BCUT2D eigenvalue weighted by atomic mass is 10.2. The van der Waals surface area contributed by atoms with E-state index in [1.807, 2.05) is 31.4 Å². The SMILES string of the molecule is CCCCCCNC(=NC)NCCc1cn2ccccc2n1. The third-order valence-electron chi connectivity index (χ3n) is 3.63. The van der Waals surface area contributed by atoms with Crippen molar-refractivity contribution in [3.8, 4) is 0 Å². The number of pyridine rings is 1. The second kappa shape index (κ2) is 9.07. The van der Waals surface area contributed by atoms with Crippen LogP contribution in [0.25, 0.3) is 5.65 Å². The zero-order valence-corrected chi connectivity index (χ0v) is 13.7. The topological polar surface area (TPSA) is 53.7 Å². The standard InChI is InChI=1S/C17H27N5/c1-3-4-5-7-11-19-17(18-2)20-12-10-15-14-22-13-8-6-9-16(22)21-15/h6,8-9,13-14H,3-5,7,10-12H2,1-2H3,(H2,18,19,20). The lowest BCUT2D eigenvalue weighted by Crippen LogP contribution is -2.38. The summed E-state index contributed by atoms with van der Waals surface area (Å²) >= 11 is 0. The first kappa shape index (κ1) is 16.3. The van der Waals surface area contributed by atoms with Crippen molar-refractivity contribution in [1.29, 1.82) is 0 Å². The molecule has 0 aliphatic heterocycles. The molecule has 0 unspecified atom stereocenters. The Morgan fingerprint density at radius 2 is 2.05 bits per heavy atom. The molecule has 0 amide bonds. The Balaban J connectivity index is 1.69. The Hall–Kier alpha value is -2.04. The minimum atomic E-state index is 0.832. The summed E-state index contributed by atoms with van der Waals surface area (Å²) in [5.74, 6) is 0.875. The Labute approximate surface area is 132 Å². The molecule has 0 aromatic carbocycles. The number of aliphatic imine (C=N–C) groups is 1. The van der Waals surface area contributed by atoms with Gasteiger partial charge in [0.05, 0.1) is 5.69 Å². The maximum absolute atomic E-state index is 4.59. The summed E-state index contributed by atoms with van der Waals surface area (Å²) in [5, 5.41) is 6.70. The van der Waals surface area contributed by atoms with E-state index in [-0.39, 0.29) is 0 Å². The van der Waals surface area contributed by atoms with Crippen LogP contribution in [0.2, 0.25) is 0 Å². The number of nitrogens with one attached hydrogen (secondary N) is 2. The molecule has 2 heterocycles. The number of rotatable bonds is 8. The third kappa shape index (κ3) is 5.06. The largest absolute Gasteiger partial charge is 0.356 e. The highest BCUT2D eigenvalue weighted by atomic mass is 15.2. The van der Waals surface area contributed by atoms with Gasteiger partial charge in [-0.15, -0.1) is 0 Å².